The van der Waals surface area contributed by atoms with E-state index in [4.69, 9.17) is 0 Å². The van der Waals surface area contributed by atoms with E-state index in [9.17, 15) is 13.2 Å². The predicted octanol–water partition coefficient (Wildman–Crippen LogP) is 4.47. The van der Waals surface area contributed by atoms with Gasteiger partial charge in [-0.25, -0.2) is 13.1 Å². The first-order valence-electron chi connectivity index (χ1n) is 10.4. The third kappa shape index (κ3) is 4.96. The molecular formula is C25H24N4O3S. The van der Waals surface area contributed by atoms with E-state index in [1.807, 2.05) is 48.9 Å². The second kappa shape index (κ2) is 9.30. The highest BCUT2D eigenvalue weighted by Gasteiger charge is 2.18. The van der Waals surface area contributed by atoms with E-state index in [0.29, 0.717) is 11.3 Å². The molecule has 4 aromatic rings. The molecule has 0 radical (unpaired) electrons. The van der Waals surface area contributed by atoms with Crippen LogP contribution in [-0.4, -0.2) is 24.1 Å². The van der Waals surface area contributed by atoms with Crippen LogP contribution in [0.3, 0.4) is 0 Å². The Morgan fingerprint density at radius 2 is 1.61 bits per heavy atom. The van der Waals surface area contributed by atoms with Crippen molar-refractivity contribution in [3.63, 3.8) is 0 Å². The third-order valence-corrected chi connectivity index (χ3v) is 6.69. The minimum Gasteiger partial charge on any atom is -0.345 e. The van der Waals surface area contributed by atoms with Crippen molar-refractivity contribution in [1.29, 1.82) is 0 Å². The number of hydrogen-bond acceptors (Lipinski definition) is 4. The highest BCUT2D eigenvalue weighted by molar-refractivity contribution is 7.92. The minimum atomic E-state index is -3.74. The van der Waals surface area contributed by atoms with Crippen LogP contribution in [0.2, 0.25) is 0 Å². The van der Waals surface area contributed by atoms with E-state index in [1.165, 1.54) is 18.2 Å². The van der Waals surface area contributed by atoms with Gasteiger partial charge in [-0.3, -0.25) is 9.52 Å². The first-order valence-corrected chi connectivity index (χ1v) is 11.9. The van der Waals surface area contributed by atoms with Gasteiger partial charge < -0.3 is 5.32 Å². The maximum Gasteiger partial charge on any atom is 0.261 e. The standard InChI is InChI=1S/C25H24N4O3S/c1-18(24-17-26-29(19(24)2)22-12-5-3-6-13-22)27-25(30)20-10-9-11-21(16-20)28-33(31,32)23-14-7-4-8-15-23/h3-18,28H,1-2H3,(H,27,30). The van der Waals surface area contributed by atoms with Crippen molar-refractivity contribution in [2.75, 3.05) is 4.72 Å². The van der Waals surface area contributed by atoms with Crippen LogP contribution in [-0.2, 0) is 10.0 Å². The third-order valence-electron chi connectivity index (χ3n) is 5.29. The molecule has 0 spiro atoms. The fourth-order valence-electron chi connectivity index (χ4n) is 3.57. The molecular weight excluding hydrogens is 436 g/mol. The summed E-state index contributed by atoms with van der Waals surface area (Å²) in [6.45, 7) is 3.84. The zero-order valence-electron chi connectivity index (χ0n) is 18.3. The summed E-state index contributed by atoms with van der Waals surface area (Å²) in [5, 5.41) is 7.43. The summed E-state index contributed by atoms with van der Waals surface area (Å²) in [6, 6.07) is 24.0. The molecule has 3 aromatic carbocycles. The Morgan fingerprint density at radius 1 is 0.939 bits per heavy atom. The van der Waals surface area contributed by atoms with Gasteiger partial charge in [0, 0.05) is 22.5 Å². The number of amides is 1. The summed E-state index contributed by atoms with van der Waals surface area (Å²) < 4.78 is 29.5. The average molecular weight is 461 g/mol. The van der Waals surface area contributed by atoms with Crippen molar-refractivity contribution in [3.8, 4) is 5.69 Å². The summed E-state index contributed by atoms with van der Waals surface area (Å²) in [7, 11) is -3.74. The molecule has 1 aromatic heterocycles. The number of carbonyl (C=O) groups is 1. The van der Waals surface area contributed by atoms with Crippen LogP contribution in [0.25, 0.3) is 5.69 Å². The molecule has 2 N–H and O–H groups in total. The highest BCUT2D eigenvalue weighted by atomic mass is 32.2. The minimum absolute atomic E-state index is 0.152. The second-order valence-corrected chi connectivity index (χ2v) is 9.31. The van der Waals surface area contributed by atoms with Crippen LogP contribution in [0, 0.1) is 6.92 Å². The lowest BCUT2D eigenvalue weighted by Crippen LogP contribution is -2.27. The van der Waals surface area contributed by atoms with E-state index in [2.05, 4.69) is 15.1 Å². The lowest BCUT2D eigenvalue weighted by atomic mass is 10.1. The smallest absolute Gasteiger partial charge is 0.261 e. The molecule has 0 aliphatic heterocycles. The number of rotatable bonds is 7. The largest absolute Gasteiger partial charge is 0.345 e. The normalized spacial score (nSPS) is 12.2. The van der Waals surface area contributed by atoms with Gasteiger partial charge in [0.2, 0.25) is 0 Å². The first kappa shape index (κ1) is 22.3. The molecule has 1 unspecified atom stereocenters. The molecule has 168 valence electrons. The van der Waals surface area contributed by atoms with E-state index >= 15 is 0 Å². The van der Waals surface area contributed by atoms with Crippen molar-refractivity contribution < 1.29 is 13.2 Å². The summed E-state index contributed by atoms with van der Waals surface area (Å²) >= 11 is 0. The van der Waals surface area contributed by atoms with Gasteiger partial charge in [-0.15, -0.1) is 0 Å². The predicted molar refractivity (Wildman–Crippen MR) is 128 cm³/mol. The van der Waals surface area contributed by atoms with Crippen molar-refractivity contribution in [2.24, 2.45) is 0 Å². The summed E-state index contributed by atoms with van der Waals surface area (Å²) in [6.07, 6.45) is 1.75. The van der Waals surface area contributed by atoms with Crippen LogP contribution in [0.1, 0.15) is 34.6 Å². The Bertz CT molecular complexity index is 1370. The fraction of sp³-hybridized carbons (Fsp3) is 0.120. The summed E-state index contributed by atoms with van der Waals surface area (Å²) in [5.41, 5.74) is 3.43. The Kier molecular flexibility index (Phi) is 6.28. The number of aromatic nitrogens is 2. The Balaban J connectivity index is 1.49. The molecule has 8 heteroatoms. The molecule has 1 amide bonds. The van der Waals surface area contributed by atoms with Crippen LogP contribution in [0.5, 0.6) is 0 Å². The van der Waals surface area contributed by atoms with E-state index < -0.39 is 10.0 Å². The lowest BCUT2D eigenvalue weighted by Gasteiger charge is -2.15. The Labute approximate surface area is 193 Å². The number of benzene rings is 3. The van der Waals surface area contributed by atoms with Gasteiger partial charge in [0.25, 0.3) is 15.9 Å². The van der Waals surface area contributed by atoms with Gasteiger partial charge in [0.1, 0.15) is 0 Å². The highest BCUT2D eigenvalue weighted by Crippen LogP contribution is 2.21. The number of sulfonamides is 1. The van der Waals surface area contributed by atoms with Gasteiger partial charge in [0.05, 0.1) is 22.8 Å². The molecule has 0 fully saturated rings. The Hall–Kier alpha value is -3.91. The maximum atomic E-state index is 12.9. The molecule has 0 saturated heterocycles. The number of carbonyl (C=O) groups excluding carboxylic acids is 1. The van der Waals surface area contributed by atoms with Gasteiger partial charge in [-0.2, -0.15) is 5.10 Å². The number of nitrogens with zero attached hydrogens (tertiary/aromatic N) is 2. The van der Waals surface area contributed by atoms with Gasteiger partial charge in [-0.1, -0.05) is 42.5 Å². The van der Waals surface area contributed by atoms with E-state index in [-0.39, 0.29) is 16.8 Å². The number of anilines is 1. The van der Waals surface area contributed by atoms with Crippen molar-refractivity contribution in [1.82, 2.24) is 15.1 Å². The lowest BCUT2D eigenvalue weighted by molar-refractivity contribution is 0.0940. The molecule has 0 aliphatic carbocycles. The monoisotopic (exact) mass is 460 g/mol. The molecule has 7 nitrogen and oxygen atoms in total. The molecule has 33 heavy (non-hydrogen) atoms. The van der Waals surface area contributed by atoms with Gasteiger partial charge in [0.15, 0.2) is 0 Å². The number of para-hydroxylation sites is 1. The SMILES string of the molecule is Cc1c(C(C)NC(=O)c2cccc(NS(=O)(=O)c3ccccc3)c2)cnn1-c1ccccc1. The zero-order chi connectivity index (χ0) is 23.4. The van der Waals surface area contributed by atoms with Crippen LogP contribution >= 0.6 is 0 Å². The van der Waals surface area contributed by atoms with Gasteiger partial charge in [-0.05, 0) is 56.3 Å². The van der Waals surface area contributed by atoms with Crippen molar-refractivity contribution in [3.05, 3.63) is 108 Å². The molecule has 0 bridgehead atoms. The second-order valence-electron chi connectivity index (χ2n) is 7.63. The summed E-state index contributed by atoms with van der Waals surface area (Å²) in [5.74, 6) is -0.310. The van der Waals surface area contributed by atoms with Crippen LogP contribution in [0.4, 0.5) is 5.69 Å². The topological polar surface area (TPSA) is 93.1 Å². The molecule has 1 atom stereocenters. The quantitative estimate of drug-likeness (QED) is 0.425. The van der Waals surface area contributed by atoms with Crippen LogP contribution < -0.4 is 10.0 Å². The Morgan fingerprint density at radius 3 is 2.30 bits per heavy atom. The zero-order valence-corrected chi connectivity index (χ0v) is 19.1. The van der Waals surface area contributed by atoms with Crippen molar-refractivity contribution >= 4 is 21.6 Å². The van der Waals surface area contributed by atoms with Gasteiger partial charge >= 0.3 is 0 Å². The van der Waals surface area contributed by atoms with Crippen molar-refractivity contribution in [2.45, 2.75) is 24.8 Å². The molecule has 0 saturated carbocycles. The van der Waals surface area contributed by atoms with E-state index in [0.717, 1.165) is 16.9 Å². The fourth-order valence-corrected chi connectivity index (χ4v) is 4.64. The molecule has 1 heterocycles. The first-order chi connectivity index (χ1) is 15.8. The average Bonchev–Trinajstić information content (AvgIpc) is 3.21. The number of nitrogens with one attached hydrogen (secondary N) is 2. The summed E-state index contributed by atoms with van der Waals surface area (Å²) in [4.78, 5) is 13.0. The molecule has 0 aliphatic rings. The number of hydrogen-bond donors (Lipinski definition) is 2. The molecule has 4 rings (SSSR count). The maximum absolute atomic E-state index is 12.9. The van der Waals surface area contributed by atoms with E-state index in [1.54, 1.807) is 42.6 Å². The van der Waals surface area contributed by atoms with Crippen LogP contribution in [0.15, 0.2) is 96.0 Å².